The fourth-order valence-corrected chi connectivity index (χ4v) is 3.81. The highest BCUT2D eigenvalue weighted by atomic mass is 16.4. The number of H-pyrrole nitrogens is 1. The summed E-state index contributed by atoms with van der Waals surface area (Å²) in [6.45, 7) is 1.96. The number of benzene rings is 2. The van der Waals surface area contributed by atoms with Crippen LogP contribution in [-0.4, -0.2) is 31.0 Å². The monoisotopic (exact) mass is 420 g/mol. The summed E-state index contributed by atoms with van der Waals surface area (Å²) in [6, 6.07) is 22.8. The number of carboxylic acid groups (broad SMARTS) is 1. The average molecular weight is 420 g/mol. The number of carbonyl (C=O) groups is 1. The molecule has 0 spiro atoms. The maximum atomic E-state index is 11.3. The van der Waals surface area contributed by atoms with Gasteiger partial charge in [0.15, 0.2) is 0 Å². The molecule has 32 heavy (non-hydrogen) atoms. The van der Waals surface area contributed by atoms with Crippen LogP contribution < -0.4 is 0 Å². The van der Waals surface area contributed by atoms with Crippen LogP contribution in [0.4, 0.5) is 0 Å². The lowest BCUT2D eigenvalue weighted by atomic mass is 10.1. The van der Waals surface area contributed by atoms with E-state index in [-0.39, 0.29) is 5.56 Å². The van der Waals surface area contributed by atoms with Gasteiger partial charge in [0.25, 0.3) is 0 Å². The van der Waals surface area contributed by atoms with Crippen LogP contribution in [0.15, 0.2) is 79.0 Å². The first-order valence-corrected chi connectivity index (χ1v) is 10.3. The molecule has 3 heterocycles. The first-order chi connectivity index (χ1) is 15.6. The van der Waals surface area contributed by atoms with Crippen LogP contribution in [0.25, 0.3) is 33.5 Å². The van der Waals surface area contributed by atoms with E-state index in [1.54, 1.807) is 24.4 Å². The van der Waals surface area contributed by atoms with Gasteiger partial charge in [0.2, 0.25) is 0 Å². The molecule has 2 aromatic carbocycles. The Morgan fingerprint density at radius 1 is 0.969 bits per heavy atom. The molecule has 0 atom stereocenters. The molecule has 0 radical (unpaired) electrons. The number of rotatable bonds is 5. The van der Waals surface area contributed by atoms with Crippen LogP contribution in [0, 0.1) is 6.92 Å². The molecule has 0 aliphatic rings. The Bertz CT molecular complexity index is 1460. The quantitative estimate of drug-likeness (QED) is 0.403. The van der Waals surface area contributed by atoms with E-state index in [2.05, 4.69) is 21.0 Å². The zero-order valence-corrected chi connectivity index (χ0v) is 17.4. The maximum absolute atomic E-state index is 11.3. The van der Waals surface area contributed by atoms with Crippen molar-refractivity contribution in [2.45, 2.75) is 13.3 Å². The van der Waals surface area contributed by atoms with Crippen molar-refractivity contribution in [2.24, 2.45) is 0 Å². The maximum Gasteiger partial charge on any atom is 0.335 e. The van der Waals surface area contributed by atoms with Crippen molar-refractivity contribution in [3.8, 4) is 22.6 Å². The van der Waals surface area contributed by atoms with Crippen molar-refractivity contribution in [1.82, 2.24) is 19.9 Å². The van der Waals surface area contributed by atoms with Gasteiger partial charge in [-0.15, -0.1) is 0 Å². The molecule has 6 nitrogen and oxygen atoms in total. The van der Waals surface area contributed by atoms with Gasteiger partial charge in [0.1, 0.15) is 5.82 Å². The average Bonchev–Trinajstić information content (AvgIpc) is 3.22. The van der Waals surface area contributed by atoms with Gasteiger partial charge in [-0.1, -0.05) is 30.3 Å². The molecule has 3 aromatic heterocycles. The number of nitrogens with zero attached hydrogens (tertiary/aromatic N) is 3. The summed E-state index contributed by atoms with van der Waals surface area (Å²) >= 11 is 0. The van der Waals surface area contributed by atoms with Gasteiger partial charge >= 0.3 is 5.97 Å². The predicted octanol–water partition coefficient (Wildman–Crippen LogP) is 5.28. The molecule has 0 bridgehead atoms. The van der Waals surface area contributed by atoms with Crippen molar-refractivity contribution >= 4 is 16.9 Å². The summed E-state index contributed by atoms with van der Waals surface area (Å²) in [5.41, 5.74) is 6.39. The van der Waals surface area contributed by atoms with Crippen LogP contribution >= 0.6 is 0 Å². The Morgan fingerprint density at radius 2 is 1.84 bits per heavy atom. The second kappa shape index (κ2) is 8.07. The molecular weight excluding hydrogens is 400 g/mol. The third-order valence-electron chi connectivity index (χ3n) is 5.32. The van der Waals surface area contributed by atoms with E-state index in [1.165, 1.54) is 0 Å². The van der Waals surface area contributed by atoms with Gasteiger partial charge in [-0.3, -0.25) is 9.97 Å². The fraction of sp³-hybridized carbons (Fsp3) is 0.0769. The van der Waals surface area contributed by atoms with Crippen molar-refractivity contribution in [3.05, 3.63) is 102 Å². The lowest BCUT2D eigenvalue weighted by molar-refractivity contribution is 0.0696. The van der Waals surface area contributed by atoms with Crippen LogP contribution in [0.3, 0.4) is 0 Å². The van der Waals surface area contributed by atoms with Gasteiger partial charge < -0.3 is 10.1 Å². The molecule has 2 N–H and O–H groups in total. The van der Waals surface area contributed by atoms with E-state index in [1.807, 2.05) is 55.5 Å². The molecule has 5 aromatic rings. The molecular formula is C26H20N4O2. The molecule has 0 unspecified atom stereocenters. The molecule has 156 valence electrons. The lowest BCUT2D eigenvalue weighted by Gasteiger charge is -2.05. The number of fused-ring (bicyclic) bond motifs is 1. The molecule has 5 rings (SSSR count). The Kier molecular flexibility index (Phi) is 4.95. The Hall–Kier alpha value is -4.32. The number of hydrogen-bond acceptors (Lipinski definition) is 4. The van der Waals surface area contributed by atoms with Gasteiger partial charge in [0, 0.05) is 29.3 Å². The molecule has 0 saturated heterocycles. The number of pyridine rings is 2. The topological polar surface area (TPSA) is 91.8 Å². The highest BCUT2D eigenvalue weighted by Gasteiger charge is 2.17. The van der Waals surface area contributed by atoms with Crippen LogP contribution in [0.5, 0.6) is 0 Å². The largest absolute Gasteiger partial charge is 0.478 e. The predicted molar refractivity (Wildman–Crippen MR) is 124 cm³/mol. The summed E-state index contributed by atoms with van der Waals surface area (Å²) in [5.74, 6) is -0.200. The van der Waals surface area contributed by atoms with Gasteiger partial charge in [-0.05, 0) is 55.0 Å². The smallest absolute Gasteiger partial charge is 0.335 e. The Balaban J connectivity index is 1.62. The number of aryl methyl sites for hydroxylation is 1. The summed E-state index contributed by atoms with van der Waals surface area (Å²) in [6.07, 6.45) is 2.26. The fourth-order valence-electron chi connectivity index (χ4n) is 3.81. The summed E-state index contributed by atoms with van der Waals surface area (Å²) in [7, 11) is 0. The third kappa shape index (κ3) is 3.86. The Morgan fingerprint density at radius 3 is 2.69 bits per heavy atom. The van der Waals surface area contributed by atoms with E-state index in [0.717, 1.165) is 50.6 Å². The molecule has 0 aliphatic carbocycles. The minimum Gasteiger partial charge on any atom is -0.478 e. The van der Waals surface area contributed by atoms with Crippen molar-refractivity contribution < 1.29 is 9.90 Å². The number of aromatic amines is 1. The second-order valence-corrected chi connectivity index (χ2v) is 7.66. The van der Waals surface area contributed by atoms with Crippen LogP contribution in [0.1, 0.15) is 27.4 Å². The highest BCUT2D eigenvalue weighted by Crippen LogP contribution is 2.31. The molecule has 0 aliphatic heterocycles. The standard InChI is InChI=1S/C26H20N4O2/c1-16-5-2-9-22(28-16)25-24(19-10-11-21-18(15-19)8-4-12-27-21)29-23(30-25)14-17-6-3-7-20(13-17)26(31)32/h2-13,15H,14H2,1H3,(H,29,30)(H,31,32). The SMILES string of the molecule is Cc1cccc(-c2[nH]c(Cc3cccc(C(=O)O)c3)nc2-c2ccc3ncccc3c2)n1. The summed E-state index contributed by atoms with van der Waals surface area (Å²) in [5, 5.41) is 10.3. The van der Waals surface area contributed by atoms with E-state index in [9.17, 15) is 9.90 Å². The zero-order chi connectivity index (χ0) is 22.1. The van der Waals surface area contributed by atoms with Crippen LogP contribution in [-0.2, 0) is 6.42 Å². The van der Waals surface area contributed by atoms with E-state index in [0.29, 0.717) is 6.42 Å². The Labute approximate surface area is 184 Å². The molecule has 0 saturated carbocycles. The summed E-state index contributed by atoms with van der Waals surface area (Å²) in [4.78, 5) is 28.8. The van der Waals surface area contributed by atoms with E-state index < -0.39 is 5.97 Å². The highest BCUT2D eigenvalue weighted by molar-refractivity contribution is 5.88. The number of imidazole rings is 1. The van der Waals surface area contributed by atoms with Crippen molar-refractivity contribution in [2.75, 3.05) is 0 Å². The van der Waals surface area contributed by atoms with E-state index >= 15 is 0 Å². The van der Waals surface area contributed by atoms with E-state index in [4.69, 9.17) is 4.98 Å². The minimum atomic E-state index is -0.943. The number of carboxylic acids is 1. The first-order valence-electron chi connectivity index (χ1n) is 10.3. The minimum absolute atomic E-state index is 0.261. The first kappa shape index (κ1) is 19.6. The third-order valence-corrected chi connectivity index (χ3v) is 5.32. The van der Waals surface area contributed by atoms with Gasteiger partial charge in [-0.25, -0.2) is 9.78 Å². The normalized spacial score (nSPS) is 11.0. The molecule has 0 fully saturated rings. The van der Waals surface area contributed by atoms with Gasteiger partial charge in [0.05, 0.1) is 28.2 Å². The number of aromatic nitrogens is 4. The number of nitrogens with one attached hydrogen (secondary N) is 1. The number of aromatic carboxylic acids is 1. The lowest BCUT2D eigenvalue weighted by Crippen LogP contribution is -1.98. The second-order valence-electron chi connectivity index (χ2n) is 7.66. The molecule has 0 amide bonds. The van der Waals surface area contributed by atoms with Crippen LogP contribution in [0.2, 0.25) is 0 Å². The van der Waals surface area contributed by atoms with Gasteiger partial charge in [-0.2, -0.15) is 0 Å². The van der Waals surface area contributed by atoms with Crippen molar-refractivity contribution in [3.63, 3.8) is 0 Å². The number of hydrogen-bond donors (Lipinski definition) is 2. The zero-order valence-electron chi connectivity index (χ0n) is 17.4. The molecule has 6 heteroatoms. The van der Waals surface area contributed by atoms with Crippen molar-refractivity contribution in [1.29, 1.82) is 0 Å². The summed E-state index contributed by atoms with van der Waals surface area (Å²) < 4.78 is 0.